The fraction of sp³-hybridized carbons (Fsp3) is 0.444. The molecule has 0 radical (unpaired) electrons. The molecule has 0 saturated carbocycles. The maximum absolute atomic E-state index is 11.9. The van der Waals surface area contributed by atoms with E-state index in [1.165, 1.54) is 16.9 Å². The zero-order chi connectivity index (χ0) is 17.4. The van der Waals surface area contributed by atoms with Crippen LogP contribution in [0.3, 0.4) is 0 Å². The molecule has 1 aromatic carbocycles. The van der Waals surface area contributed by atoms with Crippen molar-refractivity contribution < 1.29 is 9.53 Å². The molecular weight excluding hydrogens is 322 g/mol. The molecular formula is C18H25N3O2S. The number of likely N-dealkylation sites (N-methyl/N-ethyl adjacent to an activating group) is 1. The van der Waals surface area contributed by atoms with Gasteiger partial charge in [0.1, 0.15) is 17.4 Å². The van der Waals surface area contributed by atoms with E-state index in [1.807, 2.05) is 50.4 Å². The molecule has 1 aromatic heterocycles. The molecule has 24 heavy (non-hydrogen) atoms. The van der Waals surface area contributed by atoms with Crippen molar-refractivity contribution in [2.75, 3.05) is 13.1 Å². The number of benzene rings is 1. The Bertz CT molecular complexity index is 640. The highest BCUT2D eigenvalue weighted by Crippen LogP contribution is 2.16. The van der Waals surface area contributed by atoms with Crippen LogP contribution >= 0.6 is 11.3 Å². The highest BCUT2D eigenvalue weighted by Gasteiger charge is 2.09. The number of carbonyl (C=O) groups excluding carboxylic acids is 1. The highest BCUT2D eigenvalue weighted by molar-refractivity contribution is 7.09. The number of aryl methyl sites for hydroxylation is 1. The third-order valence-corrected chi connectivity index (χ3v) is 4.35. The molecule has 2 aromatic rings. The smallest absolute Gasteiger partial charge is 0.226 e. The Balaban J connectivity index is 1.76. The SMILES string of the molecule is CCN[C@H](C)CNC(=O)Cc1csc(COc2ccc(C)cc2)n1. The summed E-state index contributed by atoms with van der Waals surface area (Å²) < 4.78 is 5.71. The number of aromatic nitrogens is 1. The van der Waals surface area contributed by atoms with Crippen LogP contribution in [0.5, 0.6) is 5.75 Å². The second kappa shape index (κ2) is 9.39. The molecule has 0 aliphatic heterocycles. The van der Waals surface area contributed by atoms with Gasteiger partial charge in [-0.15, -0.1) is 11.3 Å². The summed E-state index contributed by atoms with van der Waals surface area (Å²) in [4.78, 5) is 16.4. The predicted octanol–water partition coefficient (Wildman–Crippen LogP) is 2.69. The van der Waals surface area contributed by atoms with Crippen LogP contribution < -0.4 is 15.4 Å². The lowest BCUT2D eigenvalue weighted by Gasteiger charge is -2.12. The Morgan fingerprint density at radius 3 is 2.79 bits per heavy atom. The first-order valence-corrected chi connectivity index (χ1v) is 9.07. The lowest BCUT2D eigenvalue weighted by molar-refractivity contribution is -0.120. The number of nitrogens with zero attached hydrogens (tertiary/aromatic N) is 1. The van der Waals surface area contributed by atoms with Crippen molar-refractivity contribution >= 4 is 17.2 Å². The van der Waals surface area contributed by atoms with E-state index in [0.29, 0.717) is 19.6 Å². The molecule has 0 aliphatic rings. The monoisotopic (exact) mass is 347 g/mol. The van der Waals surface area contributed by atoms with Crippen LogP contribution in [0.4, 0.5) is 0 Å². The third kappa shape index (κ3) is 6.29. The minimum absolute atomic E-state index is 0.00365. The van der Waals surface area contributed by atoms with Crippen LogP contribution in [-0.4, -0.2) is 30.0 Å². The Morgan fingerprint density at radius 2 is 2.08 bits per heavy atom. The number of thiazole rings is 1. The lowest BCUT2D eigenvalue weighted by atomic mass is 10.2. The van der Waals surface area contributed by atoms with Gasteiger partial charge in [-0.3, -0.25) is 4.79 Å². The van der Waals surface area contributed by atoms with Gasteiger partial charge in [-0.1, -0.05) is 24.6 Å². The molecule has 0 fully saturated rings. The van der Waals surface area contributed by atoms with Crippen molar-refractivity contribution in [2.45, 2.75) is 39.8 Å². The minimum atomic E-state index is -0.00365. The Labute approximate surface area is 147 Å². The number of hydrogen-bond acceptors (Lipinski definition) is 5. The van der Waals surface area contributed by atoms with Crippen LogP contribution in [0.1, 0.15) is 30.1 Å². The molecule has 0 spiro atoms. The molecule has 6 heteroatoms. The van der Waals surface area contributed by atoms with Crippen LogP contribution in [0, 0.1) is 6.92 Å². The molecule has 0 saturated heterocycles. The van der Waals surface area contributed by atoms with Crippen LogP contribution in [-0.2, 0) is 17.8 Å². The summed E-state index contributed by atoms with van der Waals surface area (Å²) in [5, 5.41) is 8.97. The van der Waals surface area contributed by atoms with Crippen molar-refractivity contribution in [3.63, 3.8) is 0 Å². The molecule has 2 N–H and O–H groups in total. The van der Waals surface area contributed by atoms with Gasteiger partial charge in [0.05, 0.1) is 12.1 Å². The van der Waals surface area contributed by atoms with E-state index in [0.717, 1.165) is 23.0 Å². The highest BCUT2D eigenvalue weighted by atomic mass is 32.1. The van der Waals surface area contributed by atoms with E-state index < -0.39 is 0 Å². The number of rotatable bonds is 9. The number of carbonyl (C=O) groups is 1. The number of nitrogens with one attached hydrogen (secondary N) is 2. The molecule has 0 bridgehead atoms. The summed E-state index contributed by atoms with van der Waals surface area (Å²) in [5.41, 5.74) is 1.99. The molecule has 130 valence electrons. The van der Waals surface area contributed by atoms with Crippen molar-refractivity contribution in [3.8, 4) is 5.75 Å². The van der Waals surface area contributed by atoms with Gasteiger partial charge in [0.25, 0.3) is 0 Å². The maximum atomic E-state index is 11.9. The average Bonchev–Trinajstić information content (AvgIpc) is 3.00. The molecule has 1 heterocycles. The molecule has 2 rings (SSSR count). The van der Waals surface area contributed by atoms with Gasteiger partial charge < -0.3 is 15.4 Å². The first-order valence-electron chi connectivity index (χ1n) is 8.19. The van der Waals surface area contributed by atoms with E-state index >= 15 is 0 Å². The average molecular weight is 347 g/mol. The summed E-state index contributed by atoms with van der Waals surface area (Å²) in [6.45, 7) is 8.09. The molecule has 0 unspecified atom stereocenters. The normalized spacial score (nSPS) is 12.0. The van der Waals surface area contributed by atoms with Crippen molar-refractivity contribution in [2.24, 2.45) is 0 Å². The van der Waals surface area contributed by atoms with E-state index in [4.69, 9.17) is 4.74 Å². The van der Waals surface area contributed by atoms with Gasteiger partial charge in [-0.2, -0.15) is 0 Å². The van der Waals surface area contributed by atoms with Gasteiger partial charge >= 0.3 is 0 Å². The topological polar surface area (TPSA) is 63.2 Å². The molecule has 1 amide bonds. The summed E-state index contributed by atoms with van der Waals surface area (Å²) in [6.07, 6.45) is 0.305. The Kier molecular flexibility index (Phi) is 7.21. The minimum Gasteiger partial charge on any atom is -0.486 e. The summed E-state index contributed by atoms with van der Waals surface area (Å²) in [6, 6.07) is 8.20. The molecule has 1 atom stereocenters. The molecule has 5 nitrogen and oxygen atoms in total. The first kappa shape index (κ1) is 18.4. The van der Waals surface area contributed by atoms with Gasteiger partial charge in [-0.05, 0) is 32.5 Å². The molecule has 0 aliphatic carbocycles. The van der Waals surface area contributed by atoms with Crippen LogP contribution in [0.2, 0.25) is 0 Å². The lowest BCUT2D eigenvalue weighted by Crippen LogP contribution is -2.39. The van der Waals surface area contributed by atoms with E-state index in [-0.39, 0.29) is 11.9 Å². The second-order valence-corrected chi connectivity index (χ2v) is 6.72. The largest absolute Gasteiger partial charge is 0.486 e. The first-order chi connectivity index (χ1) is 11.6. The fourth-order valence-electron chi connectivity index (χ4n) is 2.19. The van der Waals surface area contributed by atoms with Gasteiger partial charge in [-0.25, -0.2) is 4.98 Å². The van der Waals surface area contributed by atoms with Crippen LogP contribution in [0.15, 0.2) is 29.6 Å². The van der Waals surface area contributed by atoms with E-state index in [9.17, 15) is 4.79 Å². The second-order valence-electron chi connectivity index (χ2n) is 5.77. The number of ether oxygens (including phenoxy) is 1. The predicted molar refractivity (Wildman–Crippen MR) is 97.5 cm³/mol. The van der Waals surface area contributed by atoms with Crippen molar-refractivity contribution in [3.05, 3.63) is 45.9 Å². The van der Waals surface area contributed by atoms with Crippen molar-refractivity contribution in [1.82, 2.24) is 15.6 Å². The van der Waals surface area contributed by atoms with Gasteiger partial charge in [0.2, 0.25) is 5.91 Å². The Morgan fingerprint density at radius 1 is 1.33 bits per heavy atom. The zero-order valence-electron chi connectivity index (χ0n) is 14.5. The third-order valence-electron chi connectivity index (χ3n) is 3.48. The quantitative estimate of drug-likeness (QED) is 0.732. The number of hydrogen-bond donors (Lipinski definition) is 2. The zero-order valence-corrected chi connectivity index (χ0v) is 15.3. The standard InChI is InChI=1S/C18H25N3O2S/c1-4-19-14(3)10-20-17(22)9-15-12-24-18(21-15)11-23-16-7-5-13(2)6-8-16/h5-8,12,14,19H,4,9-11H2,1-3H3,(H,20,22)/t14-/m1/s1. The summed E-state index contributed by atoms with van der Waals surface area (Å²) in [5.74, 6) is 0.823. The van der Waals surface area contributed by atoms with E-state index in [2.05, 4.69) is 15.6 Å². The Hall–Kier alpha value is -1.92. The van der Waals surface area contributed by atoms with Gasteiger partial charge in [0, 0.05) is 18.0 Å². The van der Waals surface area contributed by atoms with Crippen LogP contribution in [0.25, 0.3) is 0 Å². The van der Waals surface area contributed by atoms with Gasteiger partial charge in [0.15, 0.2) is 0 Å². The van der Waals surface area contributed by atoms with Crippen molar-refractivity contribution in [1.29, 1.82) is 0 Å². The maximum Gasteiger partial charge on any atom is 0.226 e. The fourth-order valence-corrected chi connectivity index (χ4v) is 2.90. The number of amides is 1. The summed E-state index contributed by atoms with van der Waals surface area (Å²) in [7, 11) is 0. The summed E-state index contributed by atoms with van der Waals surface area (Å²) >= 11 is 1.52. The van der Waals surface area contributed by atoms with E-state index in [1.54, 1.807) is 0 Å².